The second kappa shape index (κ2) is 25.6. The van der Waals surface area contributed by atoms with Gasteiger partial charge in [-0.05, 0) is 19.3 Å². The van der Waals surface area contributed by atoms with Gasteiger partial charge in [-0.2, -0.15) is 0 Å². The van der Waals surface area contributed by atoms with Crippen LogP contribution < -0.4 is 0 Å². The number of aliphatic carboxylic acids is 1. The third-order valence-electron chi connectivity index (χ3n) is 7.98. The normalized spacial score (nSPS) is 13.3. The Hall–Kier alpha value is -0.530. The summed E-state index contributed by atoms with van der Waals surface area (Å²) in [4.78, 5) is 12.5. The van der Waals surface area contributed by atoms with E-state index in [2.05, 4.69) is 20.8 Å². The van der Waals surface area contributed by atoms with E-state index in [4.69, 9.17) is 0 Å². The van der Waals surface area contributed by atoms with Gasteiger partial charge in [0.1, 0.15) is 0 Å². The number of unbranched alkanes of at least 4 members (excludes halogenated alkanes) is 21. The molecule has 0 fully saturated rings. The smallest absolute Gasteiger partial charge is 0.309 e. The van der Waals surface area contributed by atoms with Crippen LogP contribution in [0.4, 0.5) is 0 Å². The summed E-state index contributed by atoms with van der Waals surface area (Å²) in [7, 11) is 0. The summed E-state index contributed by atoms with van der Waals surface area (Å²) in [5, 5.41) is 10.3. The van der Waals surface area contributed by atoms with Crippen molar-refractivity contribution in [2.24, 2.45) is 5.41 Å². The highest BCUT2D eigenvalue weighted by molar-refractivity contribution is 5.74. The van der Waals surface area contributed by atoms with E-state index in [0.29, 0.717) is 0 Å². The molecule has 204 valence electrons. The van der Waals surface area contributed by atoms with E-state index in [1.807, 2.05) is 0 Å². The zero-order valence-electron chi connectivity index (χ0n) is 23.9. The first-order valence-corrected chi connectivity index (χ1v) is 15.9. The molecule has 0 saturated carbocycles. The van der Waals surface area contributed by atoms with Crippen LogP contribution >= 0.6 is 0 Å². The van der Waals surface area contributed by atoms with Gasteiger partial charge in [-0.3, -0.25) is 4.79 Å². The molecule has 0 aliphatic heterocycles. The van der Waals surface area contributed by atoms with Crippen molar-refractivity contribution in [2.75, 3.05) is 0 Å². The van der Waals surface area contributed by atoms with Crippen molar-refractivity contribution < 1.29 is 9.90 Å². The van der Waals surface area contributed by atoms with Crippen molar-refractivity contribution in [2.45, 2.75) is 194 Å². The minimum atomic E-state index is -0.505. The van der Waals surface area contributed by atoms with Crippen LogP contribution in [-0.2, 0) is 4.79 Å². The number of hydrogen-bond acceptors (Lipinski definition) is 1. The molecule has 2 nitrogen and oxygen atoms in total. The summed E-state index contributed by atoms with van der Waals surface area (Å²) < 4.78 is 0. The summed E-state index contributed by atoms with van der Waals surface area (Å²) in [6.45, 7) is 6.78. The van der Waals surface area contributed by atoms with E-state index >= 15 is 0 Å². The minimum absolute atomic E-state index is 0.450. The van der Waals surface area contributed by atoms with Gasteiger partial charge in [-0.15, -0.1) is 0 Å². The molecule has 0 aliphatic rings. The van der Waals surface area contributed by atoms with Crippen LogP contribution in [0.1, 0.15) is 194 Å². The van der Waals surface area contributed by atoms with Crippen molar-refractivity contribution >= 4 is 5.97 Å². The van der Waals surface area contributed by atoms with Crippen molar-refractivity contribution in [3.8, 4) is 0 Å². The summed E-state index contributed by atoms with van der Waals surface area (Å²) in [5.41, 5.74) is -0.450. The molecule has 0 radical (unpaired) electrons. The SMILES string of the molecule is CCCCCCCCCCCCCCC(CCCCCC)(CCCCCCCCCC)C(=O)O. The maximum atomic E-state index is 12.5. The molecule has 2 heteroatoms. The Morgan fingerprint density at radius 2 is 0.618 bits per heavy atom. The Labute approximate surface area is 215 Å². The predicted molar refractivity (Wildman–Crippen MR) is 152 cm³/mol. The van der Waals surface area contributed by atoms with Gasteiger partial charge in [0.15, 0.2) is 0 Å². The zero-order valence-corrected chi connectivity index (χ0v) is 23.9. The quantitative estimate of drug-likeness (QED) is 0.113. The molecule has 1 N–H and O–H groups in total. The summed E-state index contributed by atoms with van der Waals surface area (Å²) in [6, 6.07) is 0. The van der Waals surface area contributed by atoms with E-state index in [1.54, 1.807) is 0 Å². The lowest BCUT2D eigenvalue weighted by Gasteiger charge is -2.30. The van der Waals surface area contributed by atoms with Gasteiger partial charge in [-0.1, -0.05) is 175 Å². The second-order valence-electron chi connectivity index (χ2n) is 11.3. The standard InChI is InChI=1S/C32H64O2/c1-4-7-10-13-15-17-18-19-20-22-24-27-30-32(31(33)34,28-25-12-9-6-3)29-26-23-21-16-14-11-8-5-2/h4-30H2,1-3H3,(H,33,34). The highest BCUT2D eigenvalue weighted by Gasteiger charge is 2.36. The third-order valence-corrected chi connectivity index (χ3v) is 7.98. The average Bonchev–Trinajstić information content (AvgIpc) is 2.83. The largest absolute Gasteiger partial charge is 0.481 e. The number of carbonyl (C=O) groups is 1. The fourth-order valence-electron chi connectivity index (χ4n) is 5.49. The second-order valence-corrected chi connectivity index (χ2v) is 11.3. The van der Waals surface area contributed by atoms with Crippen molar-refractivity contribution in [1.82, 2.24) is 0 Å². The van der Waals surface area contributed by atoms with Crippen LogP contribution in [0.5, 0.6) is 0 Å². The molecule has 0 saturated heterocycles. The Bertz CT molecular complexity index is 419. The number of carboxylic acids is 1. The molecule has 0 aromatic heterocycles. The number of carboxylic acid groups (broad SMARTS) is 1. The molecule has 34 heavy (non-hydrogen) atoms. The third kappa shape index (κ3) is 19.7. The Balaban J connectivity index is 4.21. The van der Waals surface area contributed by atoms with Gasteiger partial charge >= 0.3 is 5.97 Å². The first-order valence-electron chi connectivity index (χ1n) is 15.9. The zero-order chi connectivity index (χ0) is 25.2. The van der Waals surface area contributed by atoms with Crippen LogP contribution in [0.3, 0.4) is 0 Å². The molecule has 0 amide bonds. The molecule has 0 heterocycles. The van der Waals surface area contributed by atoms with Gasteiger partial charge in [0.25, 0.3) is 0 Å². The topological polar surface area (TPSA) is 37.3 Å². The molecular weight excluding hydrogens is 416 g/mol. The van der Waals surface area contributed by atoms with Crippen LogP contribution in [0.2, 0.25) is 0 Å². The van der Waals surface area contributed by atoms with Gasteiger partial charge < -0.3 is 5.11 Å². The van der Waals surface area contributed by atoms with Crippen molar-refractivity contribution in [3.63, 3.8) is 0 Å². The molecule has 0 spiro atoms. The van der Waals surface area contributed by atoms with Crippen molar-refractivity contribution in [1.29, 1.82) is 0 Å². The highest BCUT2D eigenvalue weighted by atomic mass is 16.4. The number of rotatable bonds is 28. The summed E-state index contributed by atoms with van der Waals surface area (Å²) in [6.07, 6.45) is 33.9. The maximum Gasteiger partial charge on any atom is 0.309 e. The van der Waals surface area contributed by atoms with E-state index in [9.17, 15) is 9.90 Å². The monoisotopic (exact) mass is 480 g/mol. The fourth-order valence-corrected chi connectivity index (χ4v) is 5.49. The van der Waals surface area contributed by atoms with Gasteiger partial charge in [0.2, 0.25) is 0 Å². The Morgan fingerprint density at radius 1 is 0.412 bits per heavy atom. The molecule has 0 aliphatic carbocycles. The van der Waals surface area contributed by atoms with Crippen molar-refractivity contribution in [3.05, 3.63) is 0 Å². The minimum Gasteiger partial charge on any atom is -0.481 e. The summed E-state index contributed by atoms with van der Waals surface area (Å²) >= 11 is 0. The van der Waals surface area contributed by atoms with Crippen LogP contribution in [0, 0.1) is 5.41 Å². The van der Waals surface area contributed by atoms with E-state index in [0.717, 1.165) is 38.5 Å². The molecule has 0 rings (SSSR count). The maximum absolute atomic E-state index is 12.5. The van der Waals surface area contributed by atoms with Gasteiger partial charge in [0.05, 0.1) is 5.41 Å². The lowest BCUT2D eigenvalue weighted by Crippen LogP contribution is -2.31. The predicted octanol–water partition coefficient (Wildman–Crippen LogP) is 11.6. The molecule has 1 atom stereocenters. The molecular formula is C32H64O2. The molecule has 0 aromatic rings. The fraction of sp³-hybridized carbons (Fsp3) is 0.969. The van der Waals surface area contributed by atoms with Gasteiger partial charge in [-0.25, -0.2) is 0 Å². The first kappa shape index (κ1) is 33.5. The van der Waals surface area contributed by atoms with E-state index in [-0.39, 0.29) is 0 Å². The lowest BCUT2D eigenvalue weighted by molar-refractivity contribution is -0.150. The Kier molecular flexibility index (Phi) is 25.2. The van der Waals surface area contributed by atoms with Crippen LogP contribution in [0.25, 0.3) is 0 Å². The van der Waals surface area contributed by atoms with E-state index in [1.165, 1.54) is 135 Å². The first-order chi connectivity index (χ1) is 16.6. The van der Waals surface area contributed by atoms with Crippen LogP contribution in [0.15, 0.2) is 0 Å². The average molecular weight is 481 g/mol. The molecule has 0 aromatic carbocycles. The highest BCUT2D eigenvalue weighted by Crippen LogP contribution is 2.38. The summed E-state index contributed by atoms with van der Waals surface area (Å²) in [5.74, 6) is -0.505. The lowest BCUT2D eigenvalue weighted by atomic mass is 9.74. The number of hydrogen-bond donors (Lipinski definition) is 1. The van der Waals surface area contributed by atoms with Gasteiger partial charge in [0, 0.05) is 0 Å². The van der Waals surface area contributed by atoms with Crippen LogP contribution in [-0.4, -0.2) is 11.1 Å². The molecule has 0 bridgehead atoms. The Morgan fingerprint density at radius 3 is 0.853 bits per heavy atom. The molecule has 1 unspecified atom stereocenters. The van der Waals surface area contributed by atoms with E-state index < -0.39 is 11.4 Å².